The minimum Gasteiger partial charge on any atom is -0.510 e. The van der Waals surface area contributed by atoms with E-state index in [1.54, 1.807) is 7.11 Å². The molecule has 0 saturated carbocycles. The van der Waals surface area contributed by atoms with Gasteiger partial charge in [0.15, 0.2) is 0 Å². The van der Waals surface area contributed by atoms with E-state index in [9.17, 15) is 5.11 Å². The van der Waals surface area contributed by atoms with E-state index in [2.05, 4.69) is 11.9 Å². The summed E-state index contributed by atoms with van der Waals surface area (Å²) in [6.45, 7) is 2.45. The predicted octanol–water partition coefficient (Wildman–Crippen LogP) is 2.65. The molecule has 0 unspecified atom stereocenters. The number of hydrogen-bond donors (Lipinski definition) is 2. The van der Waals surface area contributed by atoms with Gasteiger partial charge in [0.2, 0.25) is 0 Å². The van der Waals surface area contributed by atoms with Crippen LogP contribution in [0.5, 0.6) is 5.75 Å². The number of benzene rings is 1. The molecule has 1 saturated heterocycles. The van der Waals surface area contributed by atoms with Gasteiger partial charge in [0.1, 0.15) is 17.3 Å². The van der Waals surface area contributed by atoms with Crippen molar-refractivity contribution in [2.75, 3.05) is 38.7 Å². The largest absolute Gasteiger partial charge is 0.510 e. The second kappa shape index (κ2) is 6.01. The molecule has 1 aromatic carbocycles. The van der Waals surface area contributed by atoms with Gasteiger partial charge in [-0.2, -0.15) is 0 Å². The van der Waals surface area contributed by atoms with Gasteiger partial charge < -0.3 is 19.6 Å². The third-order valence-electron chi connectivity index (χ3n) is 4.65. The topological polar surface area (TPSA) is 59.8 Å². The molecule has 2 N–H and O–H groups in total. The van der Waals surface area contributed by atoms with E-state index in [4.69, 9.17) is 10.1 Å². The molecule has 0 aliphatic carbocycles. The van der Waals surface area contributed by atoms with Gasteiger partial charge in [0.25, 0.3) is 0 Å². The lowest BCUT2D eigenvalue weighted by Crippen LogP contribution is -2.34. The Bertz CT molecular complexity index is 586. The number of aliphatic hydroxyl groups excluding tert-OH is 1. The van der Waals surface area contributed by atoms with Crippen LogP contribution < -0.4 is 9.64 Å². The zero-order chi connectivity index (χ0) is 15.7. The number of rotatable bonds is 3. The number of hydrogen-bond acceptors (Lipinski definition) is 4. The molecule has 0 radical (unpaired) electrons. The van der Waals surface area contributed by atoms with Gasteiger partial charge >= 0.3 is 0 Å². The van der Waals surface area contributed by atoms with Gasteiger partial charge in [0, 0.05) is 11.3 Å². The second-order valence-electron chi connectivity index (χ2n) is 6.07. The Morgan fingerprint density at radius 1 is 1.18 bits per heavy atom. The van der Waals surface area contributed by atoms with Crippen LogP contribution in [-0.4, -0.2) is 49.6 Å². The summed E-state index contributed by atoms with van der Waals surface area (Å²) >= 11 is 0. The molecule has 1 fully saturated rings. The first-order valence-electron chi connectivity index (χ1n) is 7.71. The second-order valence-corrected chi connectivity index (χ2v) is 6.07. The fraction of sp³-hybridized carbons (Fsp3) is 0.471. The molecule has 0 aromatic heterocycles. The highest BCUT2D eigenvalue weighted by Gasteiger charge is 2.34. The van der Waals surface area contributed by atoms with E-state index in [1.165, 1.54) is 0 Å². The van der Waals surface area contributed by atoms with Gasteiger partial charge in [-0.3, -0.25) is 5.41 Å². The summed E-state index contributed by atoms with van der Waals surface area (Å²) < 4.78 is 5.17. The molecule has 5 heteroatoms. The third kappa shape index (κ3) is 2.68. The van der Waals surface area contributed by atoms with E-state index in [1.807, 2.05) is 29.2 Å². The Labute approximate surface area is 131 Å². The smallest absolute Gasteiger partial charge is 0.132 e. The van der Waals surface area contributed by atoms with E-state index < -0.39 is 0 Å². The number of likely N-dealkylation sites (tertiary alicyclic amines) is 1. The SMILES string of the molecule is COc1ccc(N2CC(O)=C(C3CCN(C)CC3)C2=N)cc1. The molecule has 1 aromatic rings. The molecule has 2 aliphatic heterocycles. The maximum Gasteiger partial charge on any atom is 0.132 e. The van der Waals surface area contributed by atoms with Crippen LogP contribution in [-0.2, 0) is 0 Å². The van der Waals surface area contributed by atoms with Crippen molar-refractivity contribution in [1.82, 2.24) is 4.90 Å². The lowest BCUT2D eigenvalue weighted by molar-refractivity contribution is 0.237. The number of piperidine rings is 1. The number of amidine groups is 1. The zero-order valence-electron chi connectivity index (χ0n) is 13.2. The average molecular weight is 301 g/mol. The molecule has 2 aliphatic rings. The van der Waals surface area contributed by atoms with Gasteiger partial charge in [0.05, 0.1) is 13.7 Å². The summed E-state index contributed by atoms with van der Waals surface area (Å²) in [5.41, 5.74) is 1.75. The highest BCUT2D eigenvalue weighted by Crippen LogP contribution is 2.34. The summed E-state index contributed by atoms with van der Waals surface area (Å²) in [5, 5.41) is 18.8. The molecule has 0 spiro atoms. The summed E-state index contributed by atoms with van der Waals surface area (Å²) in [5.74, 6) is 1.89. The Hall–Kier alpha value is -2.01. The summed E-state index contributed by atoms with van der Waals surface area (Å²) in [4.78, 5) is 4.16. The lowest BCUT2D eigenvalue weighted by Gasteiger charge is -2.30. The van der Waals surface area contributed by atoms with Crippen molar-refractivity contribution in [1.29, 1.82) is 5.41 Å². The van der Waals surface area contributed by atoms with E-state index in [-0.39, 0.29) is 0 Å². The minimum absolute atomic E-state index is 0.298. The van der Waals surface area contributed by atoms with Crippen molar-refractivity contribution in [2.24, 2.45) is 5.92 Å². The Kier molecular flexibility index (Phi) is 4.07. The van der Waals surface area contributed by atoms with E-state index in [0.717, 1.165) is 42.9 Å². The molecule has 5 nitrogen and oxygen atoms in total. The third-order valence-corrected chi connectivity index (χ3v) is 4.65. The first-order valence-corrected chi connectivity index (χ1v) is 7.71. The Morgan fingerprint density at radius 3 is 2.41 bits per heavy atom. The van der Waals surface area contributed by atoms with Crippen LogP contribution in [0.3, 0.4) is 0 Å². The highest BCUT2D eigenvalue weighted by atomic mass is 16.5. The van der Waals surface area contributed by atoms with Crippen molar-refractivity contribution in [3.8, 4) is 5.75 Å². The first kappa shape index (κ1) is 14.9. The molecule has 2 heterocycles. The molecule has 22 heavy (non-hydrogen) atoms. The van der Waals surface area contributed by atoms with E-state index >= 15 is 0 Å². The van der Waals surface area contributed by atoms with Crippen LogP contribution in [0.25, 0.3) is 0 Å². The highest BCUT2D eigenvalue weighted by molar-refractivity contribution is 6.11. The monoisotopic (exact) mass is 301 g/mol. The van der Waals surface area contributed by atoms with Gasteiger partial charge in [-0.15, -0.1) is 0 Å². The number of nitrogens with one attached hydrogen (secondary N) is 1. The van der Waals surface area contributed by atoms with Crippen LogP contribution >= 0.6 is 0 Å². The Morgan fingerprint density at radius 2 is 1.82 bits per heavy atom. The molecule has 0 bridgehead atoms. The van der Waals surface area contributed by atoms with Gasteiger partial charge in [-0.1, -0.05) is 0 Å². The normalized spacial score (nSPS) is 20.8. The van der Waals surface area contributed by atoms with Crippen molar-refractivity contribution in [3.63, 3.8) is 0 Å². The minimum atomic E-state index is 0.298. The average Bonchev–Trinajstić information content (AvgIpc) is 2.83. The number of aliphatic hydroxyl groups is 1. The molecule has 0 amide bonds. The molecule has 0 atom stereocenters. The summed E-state index contributed by atoms with van der Waals surface area (Å²) in [6.07, 6.45) is 2.02. The maximum absolute atomic E-state index is 10.4. The first-order chi connectivity index (χ1) is 10.6. The van der Waals surface area contributed by atoms with Gasteiger partial charge in [-0.05, 0) is 63.2 Å². The standard InChI is InChI=1S/C17H23N3O2/c1-19-9-7-12(8-10-19)16-15(21)11-20(17(16)18)13-3-5-14(22-2)6-4-13/h3-6,12,18,21H,7-11H2,1-2H3. The number of methoxy groups -OCH3 is 1. The van der Waals surface area contributed by atoms with Gasteiger partial charge in [-0.25, -0.2) is 0 Å². The van der Waals surface area contributed by atoms with Crippen LogP contribution in [0.1, 0.15) is 12.8 Å². The van der Waals surface area contributed by atoms with Crippen LogP contribution in [0.15, 0.2) is 35.6 Å². The number of nitrogens with zero attached hydrogens (tertiary/aromatic N) is 2. The molecular formula is C17H23N3O2. The van der Waals surface area contributed by atoms with Crippen molar-refractivity contribution < 1.29 is 9.84 Å². The number of anilines is 1. The molecular weight excluding hydrogens is 278 g/mol. The summed E-state index contributed by atoms with van der Waals surface area (Å²) in [7, 11) is 3.76. The fourth-order valence-corrected chi connectivity index (χ4v) is 3.30. The fourth-order valence-electron chi connectivity index (χ4n) is 3.30. The van der Waals surface area contributed by atoms with Crippen molar-refractivity contribution >= 4 is 11.5 Å². The maximum atomic E-state index is 10.4. The molecule has 118 valence electrons. The van der Waals surface area contributed by atoms with Crippen molar-refractivity contribution in [2.45, 2.75) is 12.8 Å². The quantitative estimate of drug-likeness (QED) is 0.901. The lowest BCUT2D eigenvalue weighted by atomic mass is 9.88. The van der Waals surface area contributed by atoms with E-state index in [0.29, 0.717) is 24.1 Å². The molecule has 3 rings (SSSR count). The zero-order valence-corrected chi connectivity index (χ0v) is 13.2. The number of ether oxygens (including phenoxy) is 1. The predicted molar refractivity (Wildman–Crippen MR) is 87.9 cm³/mol. The Balaban J connectivity index is 1.77. The van der Waals surface area contributed by atoms with Crippen molar-refractivity contribution in [3.05, 3.63) is 35.6 Å². The van der Waals surface area contributed by atoms with Crippen LogP contribution in [0.4, 0.5) is 5.69 Å². The summed E-state index contributed by atoms with van der Waals surface area (Å²) in [6, 6.07) is 7.62. The van der Waals surface area contributed by atoms with Crippen LogP contribution in [0, 0.1) is 11.3 Å². The van der Waals surface area contributed by atoms with Crippen LogP contribution in [0.2, 0.25) is 0 Å².